The van der Waals surface area contributed by atoms with Crippen molar-refractivity contribution in [3.05, 3.63) is 0 Å². The van der Waals surface area contributed by atoms with Crippen LogP contribution in [0, 0.1) is 0 Å². The van der Waals surface area contributed by atoms with Gasteiger partial charge in [0, 0.05) is 52.5 Å². The van der Waals surface area contributed by atoms with Gasteiger partial charge in [-0.15, -0.1) is 0 Å². The van der Waals surface area contributed by atoms with Crippen LogP contribution in [-0.4, -0.2) is 61.4 Å². The molecule has 0 aromatic heterocycles. The average Bonchev–Trinajstić information content (AvgIpc) is 2.45. The topological polar surface area (TPSA) is 84.2 Å². The summed E-state index contributed by atoms with van der Waals surface area (Å²) in [6.07, 6.45) is 0.214. The standard InChI is InChI=1S/C13H32N2O5Si/c1-6-17-13(11-12(4)15-10-9-14)20-21(16-5,18-7-2)19-8-3/h12-13,15H,6-11,14H2,1-5H3. The first kappa shape index (κ1) is 20.9. The van der Waals surface area contributed by atoms with E-state index in [4.69, 9.17) is 28.2 Å². The van der Waals surface area contributed by atoms with Gasteiger partial charge in [0.2, 0.25) is 0 Å². The monoisotopic (exact) mass is 324 g/mol. The molecule has 8 heteroatoms. The minimum Gasteiger partial charge on any atom is -0.355 e. The van der Waals surface area contributed by atoms with Gasteiger partial charge >= 0.3 is 9.05 Å². The van der Waals surface area contributed by atoms with Crippen LogP contribution >= 0.6 is 0 Å². The largest absolute Gasteiger partial charge is 0.681 e. The molecule has 7 nitrogen and oxygen atoms in total. The first-order chi connectivity index (χ1) is 10.1. The Kier molecular flexibility index (Phi) is 12.4. The molecule has 0 aliphatic rings. The van der Waals surface area contributed by atoms with E-state index >= 15 is 0 Å². The van der Waals surface area contributed by atoms with Gasteiger partial charge < -0.3 is 33.5 Å². The van der Waals surface area contributed by atoms with E-state index in [1.54, 1.807) is 0 Å². The molecule has 3 N–H and O–H groups in total. The zero-order valence-corrected chi connectivity index (χ0v) is 15.0. The fourth-order valence-corrected chi connectivity index (χ4v) is 3.57. The number of nitrogens with one attached hydrogen (secondary N) is 1. The van der Waals surface area contributed by atoms with Crippen LogP contribution in [-0.2, 0) is 22.4 Å². The van der Waals surface area contributed by atoms with Crippen molar-refractivity contribution in [2.75, 3.05) is 40.0 Å². The molecule has 0 aliphatic carbocycles. The van der Waals surface area contributed by atoms with Gasteiger partial charge in [-0.3, -0.25) is 0 Å². The molecule has 0 aliphatic heterocycles. The van der Waals surface area contributed by atoms with Crippen LogP contribution in [0.5, 0.6) is 0 Å². The van der Waals surface area contributed by atoms with Crippen LogP contribution in [0.15, 0.2) is 0 Å². The molecule has 0 heterocycles. The maximum atomic E-state index is 5.94. The molecule has 128 valence electrons. The Morgan fingerprint density at radius 2 is 1.71 bits per heavy atom. The van der Waals surface area contributed by atoms with Crippen molar-refractivity contribution in [3.8, 4) is 0 Å². The van der Waals surface area contributed by atoms with Crippen molar-refractivity contribution in [2.24, 2.45) is 5.73 Å². The second-order valence-electron chi connectivity index (χ2n) is 4.45. The highest BCUT2D eigenvalue weighted by Gasteiger charge is 2.46. The average molecular weight is 324 g/mol. The van der Waals surface area contributed by atoms with Crippen molar-refractivity contribution >= 4 is 9.05 Å². The first-order valence-corrected chi connectivity index (χ1v) is 9.26. The lowest BCUT2D eigenvalue weighted by molar-refractivity contribution is -0.148. The van der Waals surface area contributed by atoms with Crippen LogP contribution in [0.25, 0.3) is 0 Å². The lowest BCUT2D eigenvalue weighted by atomic mass is 10.2. The third-order valence-electron chi connectivity index (χ3n) is 2.70. The Morgan fingerprint density at radius 1 is 1.10 bits per heavy atom. The van der Waals surface area contributed by atoms with Gasteiger partial charge in [0.25, 0.3) is 0 Å². The minimum absolute atomic E-state index is 0.205. The van der Waals surface area contributed by atoms with Gasteiger partial charge in [-0.1, -0.05) is 0 Å². The van der Waals surface area contributed by atoms with E-state index in [1.165, 1.54) is 7.11 Å². The molecule has 0 radical (unpaired) electrons. The smallest absolute Gasteiger partial charge is 0.355 e. The van der Waals surface area contributed by atoms with E-state index in [9.17, 15) is 0 Å². The fourth-order valence-electron chi connectivity index (χ4n) is 1.83. The van der Waals surface area contributed by atoms with E-state index in [0.717, 1.165) is 6.54 Å². The first-order valence-electron chi connectivity index (χ1n) is 7.63. The number of ether oxygens (including phenoxy) is 1. The zero-order valence-electron chi connectivity index (χ0n) is 14.0. The van der Waals surface area contributed by atoms with Crippen molar-refractivity contribution in [3.63, 3.8) is 0 Å². The van der Waals surface area contributed by atoms with E-state index in [-0.39, 0.29) is 6.04 Å². The molecule has 0 amide bonds. The predicted octanol–water partition coefficient (Wildman–Crippen LogP) is 0.848. The van der Waals surface area contributed by atoms with Crippen molar-refractivity contribution in [1.29, 1.82) is 0 Å². The van der Waals surface area contributed by atoms with Crippen LogP contribution in [0.2, 0.25) is 0 Å². The maximum absolute atomic E-state index is 5.94. The fraction of sp³-hybridized carbons (Fsp3) is 1.00. The number of hydrogen-bond donors (Lipinski definition) is 2. The zero-order chi connectivity index (χ0) is 16.1. The highest BCUT2D eigenvalue weighted by molar-refractivity contribution is 6.53. The number of nitrogens with two attached hydrogens (primary N) is 1. The number of hydrogen-bond acceptors (Lipinski definition) is 7. The van der Waals surface area contributed by atoms with Crippen LogP contribution < -0.4 is 11.1 Å². The van der Waals surface area contributed by atoms with Crippen LogP contribution in [0.1, 0.15) is 34.1 Å². The Balaban J connectivity index is 4.67. The highest BCUT2D eigenvalue weighted by Crippen LogP contribution is 2.17. The SMILES string of the molecule is CCOC(CC(C)NCCN)O[Si](OC)(OCC)OCC. The Labute approximate surface area is 129 Å². The summed E-state index contributed by atoms with van der Waals surface area (Å²) in [6, 6.07) is 0.205. The van der Waals surface area contributed by atoms with E-state index in [2.05, 4.69) is 12.2 Å². The molecular weight excluding hydrogens is 292 g/mol. The highest BCUT2D eigenvalue weighted by atomic mass is 28.4. The van der Waals surface area contributed by atoms with Crippen molar-refractivity contribution in [2.45, 2.75) is 46.4 Å². The molecule has 0 saturated heterocycles. The molecular formula is C13H32N2O5Si. The van der Waals surface area contributed by atoms with E-state index < -0.39 is 15.3 Å². The third-order valence-corrected chi connectivity index (χ3v) is 5.04. The predicted molar refractivity (Wildman–Crippen MR) is 83.7 cm³/mol. The molecule has 0 fully saturated rings. The summed E-state index contributed by atoms with van der Waals surface area (Å²) in [5, 5.41) is 3.30. The van der Waals surface area contributed by atoms with Gasteiger partial charge in [0.1, 0.15) is 0 Å². The third kappa shape index (κ3) is 8.84. The molecule has 0 spiro atoms. The summed E-state index contributed by atoms with van der Waals surface area (Å²) in [4.78, 5) is 0. The summed E-state index contributed by atoms with van der Waals surface area (Å²) in [5.41, 5.74) is 5.49. The second kappa shape index (κ2) is 12.5. The van der Waals surface area contributed by atoms with Crippen LogP contribution in [0.3, 0.4) is 0 Å². The second-order valence-corrected chi connectivity index (χ2v) is 6.67. The summed E-state index contributed by atoms with van der Waals surface area (Å²) in [6.45, 7) is 10.5. The Bertz CT molecular complexity index is 243. The molecule has 0 rings (SSSR count). The number of rotatable bonds is 14. The van der Waals surface area contributed by atoms with E-state index in [1.807, 2.05) is 20.8 Å². The van der Waals surface area contributed by atoms with Gasteiger partial charge in [-0.05, 0) is 27.7 Å². The normalized spacial score (nSPS) is 15.1. The van der Waals surface area contributed by atoms with Gasteiger partial charge in [-0.25, -0.2) is 0 Å². The Hall–Kier alpha value is -0.0631. The molecule has 21 heavy (non-hydrogen) atoms. The minimum atomic E-state index is -3.15. The summed E-state index contributed by atoms with van der Waals surface area (Å²) in [5.74, 6) is 0. The van der Waals surface area contributed by atoms with Crippen molar-refractivity contribution < 1.29 is 22.4 Å². The van der Waals surface area contributed by atoms with Crippen LogP contribution in [0.4, 0.5) is 0 Å². The molecule has 0 aromatic rings. The van der Waals surface area contributed by atoms with Gasteiger partial charge in [0.05, 0.1) is 0 Å². The molecule has 0 aromatic carbocycles. The lowest BCUT2D eigenvalue weighted by Gasteiger charge is -2.31. The van der Waals surface area contributed by atoms with E-state index in [0.29, 0.717) is 32.8 Å². The quantitative estimate of drug-likeness (QED) is 0.362. The summed E-state index contributed by atoms with van der Waals surface area (Å²) >= 11 is 0. The summed E-state index contributed by atoms with van der Waals surface area (Å²) < 4.78 is 28.2. The molecule has 0 saturated carbocycles. The molecule has 2 unspecified atom stereocenters. The molecule has 0 bridgehead atoms. The molecule has 2 atom stereocenters. The van der Waals surface area contributed by atoms with Gasteiger partial charge in [-0.2, -0.15) is 0 Å². The Morgan fingerprint density at radius 3 is 2.14 bits per heavy atom. The van der Waals surface area contributed by atoms with Gasteiger partial charge in [0.15, 0.2) is 6.29 Å². The summed E-state index contributed by atoms with van der Waals surface area (Å²) in [7, 11) is -1.61. The lowest BCUT2D eigenvalue weighted by Crippen LogP contribution is -2.52. The maximum Gasteiger partial charge on any atom is 0.681 e. The van der Waals surface area contributed by atoms with Crippen molar-refractivity contribution in [1.82, 2.24) is 5.32 Å².